The minimum Gasteiger partial charge on any atom is -0.0995 e. The maximum atomic E-state index is 4.08. The predicted molar refractivity (Wildman–Crippen MR) is 66.3 cm³/mol. The molecule has 0 saturated heterocycles. The molecule has 0 heterocycles. The van der Waals surface area contributed by atoms with Crippen molar-refractivity contribution < 1.29 is 0 Å². The van der Waals surface area contributed by atoms with Gasteiger partial charge in [0.15, 0.2) is 0 Å². The van der Waals surface area contributed by atoms with Crippen LogP contribution in [0, 0.1) is 5.92 Å². The molecule has 0 saturated carbocycles. The summed E-state index contributed by atoms with van der Waals surface area (Å²) in [5, 5.41) is 0. The van der Waals surface area contributed by atoms with E-state index in [4.69, 9.17) is 0 Å². The molecule has 0 nitrogen and oxygen atoms in total. The third-order valence-electron chi connectivity index (χ3n) is 2.41. The molecule has 0 spiro atoms. The van der Waals surface area contributed by atoms with E-state index < -0.39 is 0 Å². The van der Waals surface area contributed by atoms with Crippen molar-refractivity contribution in [2.24, 2.45) is 5.92 Å². The summed E-state index contributed by atoms with van der Waals surface area (Å²) in [6.45, 7) is 18.3. The molecule has 0 amide bonds. The highest BCUT2D eigenvalue weighted by atomic mass is 14.2. The van der Waals surface area contributed by atoms with E-state index in [1.165, 1.54) is 11.1 Å². The standard InChI is InChI=1S/C14H22/c1-7-9-12(5)10-14(11(3)4)13(6)8-2/h7,9,14H,3,5-6,8,10H2,1-2,4H3. The average Bonchev–Trinajstić information content (AvgIpc) is 2.13. The van der Waals surface area contributed by atoms with Crippen molar-refractivity contribution in [3.63, 3.8) is 0 Å². The maximum Gasteiger partial charge on any atom is 0.00389 e. The van der Waals surface area contributed by atoms with E-state index in [2.05, 4.69) is 39.7 Å². The highest BCUT2D eigenvalue weighted by Gasteiger charge is 2.12. The Bertz CT molecular complexity index is 253. The van der Waals surface area contributed by atoms with Crippen LogP contribution in [0.15, 0.2) is 48.6 Å². The molecule has 0 aromatic carbocycles. The Kier molecular flexibility index (Phi) is 5.94. The van der Waals surface area contributed by atoms with Gasteiger partial charge in [-0.3, -0.25) is 0 Å². The van der Waals surface area contributed by atoms with E-state index in [9.17, 15) is 0 Å². The minimum absolute atomic E-state index is 0.392. The van der Waals surface area contributed by atoms with Gasteiger partial charge in [0.05, 0.1) is 0 Å². The predicted octanol–water partition coefficient (Wildman–Crippen LogP) is 4.67. The molecule has 78 valence electrons. The summed E-state index contributed by atoms with van der Waals surface area (Å²) in [6, 6.07) is 0. The van der Waals surface area contributed by atoms with Gasteiger partial charge in [0.25, 0.3) is 0 Å². The van der Waals surface area contributed by atoms with Crippen molar-refractivity contribution in [3.8, 4) is 0 Å². The third kappa shape index (κ3) is 4.27. The van der Waals surface area contributed by atoms with Crippen LogP contribution in [0.2, 0.25) is 0 Å². The molecule has 0 aliphatic heterocycles. The first-order valence-corrected chi connectivity index (χ1v) is 5.16. The van der Waals surface area contributed by atoms with Crippen molar-refractivity contribution in [1.29, 1.82) is 0 Å². The molecule has 0 radical (unpaired) electrons. The lowest BCUT2D eigenvalue weighted by Crippen LogP contribution is -2.04. The zero-order valence-electron chi connectivity index (χ0n) is 9.77. The lowest BCUT2D eigenvalue weighted by Gasteiger charge is -2.19. The first-order chi connectivity index (χ1) is 6.52. The lowest BCUT2D eigenvalue weighted by atomic mass is 9.86. The van der Waals surface area contributed by atoms with Crippen molar-refractivity contribution in [2.45, 2.75) is 33.6 Å². The average molecular weight is 190 g/mol. The molecule has 1 atom stereocenters. The van der Waals surface area contributed by atoms with Crippen LogP contribution < -0.4 is 0 Å². The summed E-state index contributed by atoms with van der Waals surface area (Å²) in [5.41, 5.74) is 3.58. The Labute approximate surface area is 88.7 Å². The van der Waals surface area contributed by atoms with Gasteiger partial charge < -0.3 is 0 Å². The number of hydrogen-bond acceptors (Lipinski definition) is 0. The first-order valence-electron chi connectivity index (χ1n) is 5.16. The van der Waals surface area contributed by atoms with Crippen LogP contribution in [0.25, 0.3) is 0 Å². The van der Waals surface area contributed by atoms with Gasteiger partial charge in [0.2, 0.25) is 0 Å². The second kappa shape index (κ2) is 6.42. The van der Waals surface area contributed by atoms with Crippen molar-refractivity contribution in [2.75, 3.05) is 0 Å². The van der Waals surface area contributed by atoms with Crippen molar-refractivity contribution in [3.05, 3.63) is 48.6 Å². The summed E-state index contributed by atoms with van der Waals surface area (Å²) in [4.78, 5) is 0. The molecular weight excluding hydrogens is 168 g/mol. The molecule has 0 aromatic heterocycles. The van der Waals surface area contributed by atoms with Gasteiger partial charge in [-0.1, -0.05) is 55.5 Å². The molecule has 0 rings (SSSR count). The molecule has 0 bridgehead atoms. The largest absolute Gasteiger partial charge is 0.0995 e. The van der Waals surface area contributed by atoms with Gasteiger partial charge in [-0.05, 0) is 26.7 Å². The fraction of sp³-hybridized carbons (Fsp3) is 0.429. The van der Waals surface area contributed by atoms with E-state index in [1.54, 1.807) is 0 Å². The van der Waals surface area contributed by atoms with E-state index in [-0.39, 0.29) is 0 Å². The summed E-state index contributed by atoms with van der Waals surface area (Å²) in [5.74, 6) is 0.392. The van der Waals surface area contributed by atoms with Gasteiger partial charge in [0, 0.05) is 5.92 Å². The Morgan fingerprint density at radius 2 is 1.86 bits per heavy atom. The molecule has 0 aromatic rings. The number of allylic oxidation sites excluding steroid dienone is 5. The zero-order valence-corrected chi connectivity index (χ0v) is 9.77. The summed E-state index contributed by atoms with van der Waals surface area (Å²) in [6.07, 6.45) is 6.04. The third-order valence-corrected chi connectivity index (χ3v) is 2.41. The van der Waals surface area contributed by atoms with Crippen LogP contribution in [0.1, 0.15) is 33.6 Å². The Morgan fingerprint density at radius 1 is 1.29 bits per heavy atom. The van der Waals surface area contributed by atoms with E-state index >= 15 is 0 Å². The molecular formula is C14H22. The van der Waals surface area contributed by atoms with Gasteiger partial charge in [-0.15, -0.1) is 0 Å². The SMILES string of the molecule is C=C(C=CC)CC(C(=C)C)C(=C)CC. The maximum absolute atomic E-state index is 4.08. The van der Waals surface area contributed by atoms with Gasteiger partial charge in [-0.25, -0.2) is 0 Å². The second-order valence-electron chi connectivity index (χ2n) is 3.77. The van der Waals surface area contributed by atoms with Crippen LogP contribution >= 0.6 is 0 Å². The van der Waals surface area contributed by atoms with Crippen LogP contribution in [0.5, 0.6) is 0 Å². The molecule has 0 aliphatic carbocycles. The van der Waals surface area contributed by atoms with Crippen molar-refractivity contribution in [1.82, 2.24) is 0 Å². The monoisotopic (exact) mass is 190 g/mol. The summed E-state index contributed by atoms with van der Waals surface area (Å²) >= 11 is 0. The van der Waals surface area contributed by atoms with Crippen LogP contribution in [-0.2, 0) is 0 Å². The minimum atomic E-state index is 0.392. The quantitative estimate of drug-likeness (QED) is 0.422. The first kappa shape index (κ1) is 13.0. The normalized spacial score (nSPS) is 12.8. The smallest absolute Gasteiger partial charge is 0.00389 e. The molecule has 0 N–H and O–H groups in total. The van der Waals surface area contributed by atoms with E-state index in [0.717, 1.165) is 18.4 Å². The molecule has 0 aliphatic rings. The molecule has 1 unspecified atom stereocenters. The Balaban J connectivity index is 4.46. The number of rotatable bonds is 6. The molecule has 0 heteroatoms. The topological polar surface area (TPSA) is 0 Å². The van der Waals surface area contributed by atoms with Gasteiger partial charge >= 0.3 is 0 Å². The summed E-state index contributed by atoms with van der Waals surface area (Å²) in [7, 11) is 0. The van der Waals surface area contributed by atoms with Crippen LogP contribution in [-0.4, -0.2) is 0 Å². The zero-order chi connectivity index (χ0) is 11.1. The van der Waals surface area contributed by atoms with Gasteiger partial charge in [0.1, 0.15) is 0 Å². The Hall–Kier alpha value is -1.04. The Morgan fingerprint density at radius 3 is 2.21 bits per heavy atom. The molecule has 0 fully saturated rings. The van der Waals surface area contributed by atoms with E-state index in [1.807, 2.05) is 13.0 Å². The van der Waals surface area contributed by atoms with Crippen LogP contribution in [0.3, 0.4) is 0 Å². The lowest BCUT2D eigenvalue weighted by molar-refractivity contribution is 0.690. The molecule has 14 heavy (non-hydrogen) atoms. The van der Waals surface area contributed by atoms with Crippen molar-refractivity contribution >= 4 is 0 Å². The second-order valence-corrected chi connectivity index (χ2v) is 3.77. The van der Waals surface area contributed by atoms with Crippen LogP contribution in [0.4, 0.5) is 0 Å². The summed E-state index contributed by atoms with van der Waals surface area (Å²) < 4.78 is 0. The highest BCUT2D eigenvalue weighted by Crippen LogP contribution is 2.26. The van der Waals surface area contributed by atoms with Gasteiger partial charge in [-0.2, -0.15) is 0 Å². The fourth-order valence-electron chi connectivity index (χ4n) is 1.48. The number of hydrogen-bond donors (Lipinski definition) is 0. The fourth-order valence-corrected chi connectivity index (χ4v) is 1.48. The highest BCUT2D eigenvalue weighted by molar-refractivity contribution is 5.23. The van der Waals surface area contributed by atoms with E-state index in [0.29, 0.717) is 5.92 Å².